The van der Waals surface area contributed by atoms with E-state index in [0.717, 1.165) is 29.8 Å². The zero-order chi connectivity index (χ0) is 16.5. The number of hydrogen-bond acceptors (Lipinski definition) is 7. The highest BCUT2D eigenvalue weighted by Gasteiger charge is 2.20. The van der Waals surface area contributed by atoms with Crippen LogP contribution in [-0.4, -0.2) is 47.0 Å². The van der Waals surface area contributed by atoms with Crippen LogP contribution in [0.2, 0.25) is 0 Å². The molecule has 0 saturated carbocycles. The Hall–Kier alpha value is -2.45. The van der Waals surface area contributed by atoms with Gasteiger partial charge >= 0.3 is 6.01 Å². The van der Waals surface area contributed by atoms with Crippen molar-refractivity contribution in [2.24, 2.45) is 0 Å². The number of anilines is 2. The lowest BCUT2D eigenvalue weighted by molar-refractivity contribution is 0.0731. The van der Waals surface area contributed by atoms with Crippen LogP contribution in [0.1, 0.15) is 16.1 Å². The SMILES string of the molecule is Cc1ccc2oc(Nc3nc(C(=O)N4CCNCC4)cs3)nc2c1. The average Bonchev–Trinajstić information content (AvgIpc) is 3.21. The fourth-order valence-corrected chi connectivity index (χ4v) is 3.32. The van der Waals surface area contributed by atoms with Crippen LogP contribution >= 0.6 is 11.3 Å². The smallest absolute Gasteiger partial charge is 0.302 e. The van der Waals surface area contributed by atoms with E-state index < -0.39 is 0 Å². The van der Waals surface area contributed by atoms with Gasteiger partial charge < -0.3 is 14.6 Å². The summed E-state index contributed by atoms with van der Waals surface area (Å²) in [6.45, 7) is 5.08. The number of nitrogens with one attached hydrogen (secondary N) is 2. The molecule has 0 radical (unpaired) electrons. The van der Waals surface area contributed by atoms with E-state index >= 15 is 0 Å². The number of piperazine rings is 1. The second-order valence-electron chi connectivity index (χ2n) is 5.70. The van der Waals surface area contributed by atoms with Crippen LogP contribution in [0.25, 0.3) is 11.1 Å². The van der Waals surface area contributed by atoms with Crippen LogP contribution in [0.15, 0.2) is 28.0 Å². The summed E-state index contributed by atoms with van der Waals surface area (Å²) in [6.07, 6.45) is 0. The molecule has 2 N–H and O–H groups in total. The van der Waals surface area contributed by atoms with Crippen molar-refractivity contribution in [2.75, 3.05) is 31.5 Å². The van der Waals surface area contributed by atoms with Gasteiger partial charge in [-0.3, -0.25) is 10.1 Å². The van der Waals surface area contributed by atoms with Crippen molar-refractivity contribution in [3.8, 4) is 0 Å². The molecule has 2 aromatic heterocycles. The van der Waals surface area contributed by atoms with Crippen LogP contribution in [0, 0.1) is 6.92 Å². The maximum atomic E-state index is 12.4. The Morgan fingerprint density at radius 3 is 3.00 bits per heavy atom. The Bertz CT molecular complexity index is 882. The summed E-state index contributed by atoms with van der Waals surface area (Å²) in [5, 5.41) is 8.63. The fourth-order valence-electron chi connectivity index (χ4n) is 2.64. The third-order valence-corrected chi connectivity index (χ3v) is 4.64. The first-order valence-electron chi connectivity index (χ1n) is 7.79. The van der Waals surface area contributed by atoms with Crippen molar-refractivity contribution in [3.63, 3.8) is 0 Å². The van der Waals surface area contributed by atoms with Crippen molar-refractivity contribution in [2.45, 2.75) is 6.92 Å². The van der Waals surface area contributed by atoms with Gasteiger partial charge in [0.1, 0.15) is 11.2 Å². The number of nitrogens with zero attached hydrogens (tertiary/aromatic N) is 3. The maximum Gasteiger partial charge on any atom is 0.302 e. The number of fused-ring (bicyclic) bond motifs is 1. The second-order valence-corrected chi connectivity index (χ2v) is 6.55. The first-order chi connectivity index (χ1) is 11.7. The van der Waals surface area contributed by atoms with Gasteiger partial charge in [-0.05, 0) is 24.6 Å². The maximum absolute atomic E-state index is 12.4. The average molecular weight is 343 g/mol. The zero-order valence-corrected chi connectivity index (χ0v) is 14.0. The first-order valence-corrected chi connectivity index (χ1v) is 8.67. The number of oxazole rings is 1. The molecule has 1 saturated heterocycles. The van der Waals surface area contributed by atoms with Gasteiger partial charge in [-0.2, -0.15) is 4.98 Å². The Balaban J connectivity index is 1.50. The van der Waals surface area contributed by atoms with Crippen molar-refractivity contribution < 1.29 is 9.21 Å². The van der Waals surface area contributed by atoms with Crippen molar-refractivity contribution >= 4 is 39.5 Å². The van der Waals surface area contributed by atoms with E-state index in [9.17, 15) is 4.79 Å². The van der Waals surface area contributed by atoms with Gasteiger partial charge in [0, 0.05) is 31.6 Å². The Morgan fingerprint density at radius 1 is 1.33 bits per heavy atom. The number of aryl methyl sites for hydroxylation is 1. The molecule has 1 amide bonds. The monoisotopic (exact) mass is 343 g/mol. The molecule has 7 nitrogen and oxygen atoms in total. The summed E-state index contributed by atoms with van der Waals surface area (Å²) in [5.74, 6) is -0.0333. The molecule has 0 aliphatic carbocycles. The normalized spacial score (nSPS) is 15.0. The lowest BCUT2D eigenvalue weighted by atomic mass is 10.2. The lowest BCUT2D eigenvalue weighted by Gasteiger charge is -2.26. The van der Waals surface area contributed by atoms with Crippen LogP contribution in [0.3, 0.4) is 0 Å². The quantitative estimate of drug-likeness (QED) is 0.760. The fraction of sp³-hybridized carbons (Fsp3) is 0.312. The molecule has 0 unspecified atom stereocenters. The van der Waals surface area contributed by atoms with E-state index in [-0.39, 0.29) is 5.91 Å². The zero-order valence-electron chi connectivity index (χ0n) is 13.2. The standard InChI is InChI=1S/C16H17N5O2S/c1-10-2-3-13-11(8-10)18-15(23-13)20-16-19-12(9-24-16)14(22)21-6-4-17-5-7-21/h2-3,8-9,17H,4-7H2,1H3,(H,18,19,20). The van der Waals surface area contributed by atoms with Gasteiger partial charge in [0.25, 0.3) is 5.91 Å². The minimum Gasteiger partial charge on any atom is -0.423 e. The molecular formula is C16H17N5O2S. The predicted molar refractivity (Wildman–Crippen MR) is 92.9 cm³/mol. The number of benzene rings is 1. The van der Waals surface area contributed by atoms with Crippen molar-refractivity contribution in [1.82, 2.24) is 20.2 Å². The summed E-state index contributed by atoms with van der Waals surface area (Å²) < 4.78 is 5.65. The van der Waals surface area contributed by atoms with Gasteiger partial charge in [-0.1, -0.05) is 6.07 Å². The molecule has 3 heterocycles. The van der Waals surface area contributed by atoms with Gasteiger partial charge in [-0.15, -0.1) is 11.3 Å². The van der Waals surface area contributed by atoms with Crippen LogP contribution < -0.4 is 10.6 Å². The van der Waals surface area contributed by atoms with E-state index in [4.69, 9.17) is 4.42 Å². The van der Waals surface area contributed by atoms with E-state index in [1.54, 1.807) is 5.38 Å². The van der Waals surface area contributed by atoms with E-state index in [0.29, 0.717) is 29.9 Å². The van der Waals surface area contributed by atoms with E-state index in [1.165, 1.54) is 11.3 Å². The van der Waals surface area contributed by atoms with Gasteiger partial charge in [0.2, 0.25) is 0 Å². The molecular weight excluding hydrogens is 326 g/mol. The van der Waals surface area contributed by atoms with E-state index in [1.807, 2.05) is 30.0 Å². The molecule has 124 valence electrons. The molecule has 8 heteroatoms. The number of carbonyl (C=O) groups excluding carboxylic acids is 1. The van der Waals surface area contributed by atoms with Crippen molar-refractivity contribution in [3.05, 3.63) is 34.8 Å². The topological polar surface area (TPSA) is 83.3 Å². The predicted octanol–water partition coefficient (Wildman–Crippen LogP) is 2.38. The van der Waals surface area contributed by atoms with Gasteiger partial charge in [-0.25, -0.2) is 4.98 Å². The first kappa shape index (κ1) is 15.1. The van der Waals surface area contributed by atoms with E-state index in [2.05, 4.69) is 20.6 Å². The molecule has 3 aromatic rings. The lowest BCUT2D eigenvalue weighted by Crippen LogP contribution is -2.46. The highest BCUT2D eigenvalue weighted by atomic mass is 32.1. The summed E-state index contributed by atoms with van der Waals surface area (Å²) in [6, 6.07) is 6.21. The summed E-state index contributed by atoms with van der Waals surface area (Å²) in [7, 11) is 0. The number of rotatable bonds is 3. The molecule has 1 aliphatic rings. The third kappa shape index (κ3) is 2.98. The molecule has 1 aliphatic heterocycles. The van der Waals surface area contributed by atoms with Crippen LogP contribution in [-0.2, 0) is 0 Å². The molecule has 0 spiro atoms. The van der Waals surface area contributed by atoms with Gasteiger partial charge in [0.05, 0.1) is 0 Å². The molecule has 0 atom stereocenters. The number of thiazole rings is 1. The number of aromatic nitrogens is 2. The Kier molecular flexibility index (Phi) is 3.91. The van der Waals surface area contributed by atoms with Gasteiger partial charge in [0.15, 0.2) is 10.7 Å². The van der Waals surface area contributed by atoms with Crippen LogP contribution in [0.5, 0.6) is 0 Å². The number of hydrogen-bond donors (Lipinski definition) is 2. The number of carbonyl (C=O) groups is 1. The minimum atomic E-state index is -0.0333. The molecule has 24 heavy (non-hydrogen) atoms. The largest absolute Gasteiger partial charge is 0.423 e. The molecule has 0 bridgehead atoms. The molecule has 4 rings (SSSR count). The molecule has 1 fully saturated rings. The third-order valence-electron chi connectivity index (χ3n) is 3.88. The number of amides is 1. The minimum absolute atomic E-state index is 0.0333. The van der Waals surface area contributed by atoms with Crippen molar-refractivity contribution in [1.29, 1.82) is 0 Å². The summed E-state index contributed by atoms with van der Waals surface area (Å²) in [5.41, 5.74) is 3.10. The van der Waals surface area contributed by atoms with Crippen LogP contribution in [0.4, 0.5) is 11.1 Å². The summed E-state index contributed by atoms with van der Waals surface area (Å²) >= 11 is 1.36. The second kappa shape index (κ2) is 6.21. The summed E-state index contributed by atoms with van der Waals surface area (Å²) in [4.78, 5) is 23.0. The Labute approximate surface area is 142 Å². The Morgan fingerprint density at radius 2 is 2.17 bits per heavy atom. The molecule has 1 aromatic carbocycles. The highest BCUT2D eigenvalue weighted by Crippen LogP contribution is 2.25. The highest BCUT2D eigenvalue weighted by molar-refractivity contribution is 7.14.